The third-order valence-electron chi connectivity index (χ3n) is 5.43. The Morgan fingerprint density at radius 2 is 1.70 bits per heavy atom. The molecule has 4 aromatic rings. The van der Waals surface area contributed by atoms with Crippen LogP contribution in [0.25, 0.3) is 16.9 Å². The van der Waals surface area contributed by atoms with Crippen LogP contribution >= 0.6 is 0 Å². The van der Waals surface area contributed by atoms with E-state index in [-0.39, 0.29) is 34.8 Å². The molecule has 3 aromatic heterocycles. The van der Waals surface area contributed by atoms with Crippen LogP contribution in [-0.4, -0.2) is 28.2 Å². The summed E-state index contributed by atoms with van der Waals surface area (Å²) in [5, 5.41) is 11.0. The fourth-order valence-corrected chi connectivity index (χ4v) is 3.72. The highest BCUT2D eigenvalue weighted by Crippen LogP contribution is 2.22. The molecule has 4 rings (SSSR count). The zero-order valence-corrected chi connectivity index (χ0v) is 17.1. The highest BCUT2D eigenvalue weighted by Gasteiger charge is 2.24. The van der Waals surface area contributed by atoms with Crippen molar-refractivity contribution >= 4 is 16.9 Å². The molecule has 156 valence electrons. The molecule has 0 amide bonds. The van der Waals surface area contributed by atoms with Crippen LogP contribution in [0.4, 0.5) is 0 Å². The van der Waals surface area contributed by atoms with Crippen LogP contribution in [-0.2, 0) is 27.1 Å². The minimum absolute atomic E-state index is 0.0270. The second-order valence-electron chi connectivity index (χ2n) is 7.40. The average molecular weight is 409 g/mol. The summed E-state index contributed by atoms with van der Waals surface area (Å²) in [4.78, 5) is 43.1. The number of aromatic nitrogens is 5. The number of aromatic hydroxyl groups is 1. The van der Waals surface area contributed by atoms with E-state index in [0.717, 1.165) is 23.0 Å². The number of fused-ring (bicyclic) bond motifs is 3. The predicted molar refractivity (Wildman–Crippen MR) is 113 cm³/mol. The van der Waals surface area contributed by atoms with Crippen LogP contribution in [0.2, 0.25) is 0 Å². The quantitative estimate of drug-likeness (QED) is 0.532. The molecule has 0 spiro atoms. The summed E-state index contributed by atoms with van der Waals surface area (Å²) < 4.78 is 4.97. The fourth-order valence-electron chi connectivity index (χ4n) is 3.72. The van der Waals surface area contributed by atoms with E-state index in [4.69, 9.17) is 0 Å². The molecule has 0 bridgehead atoms. The zero-order valence-electron chi connectivity index (χ0n) is 17.1. The van der Waals surface area contributed by atoms with Crippen molar-refractivity contribution in [3.05, 3.63) is 72.7 Å². The van der Waals surface area contributed by atoms with Gasteiger partial charge in [0.1, 0.15) is 0 Å². The number of hydrogen-bond acceptors (Lipinski definition) is 5. The van der Waals surface area contributed by atoms with Crippen LogP contribution < -0.4 is 16.8 Å². The Labute approximate surface area is 171 Å². The molecule has 0 unspecified atom stereocenters. The number of unbranched alkanes of at least 4 members (excludes halogenated alkanes) is 1. The fraction of sp³-hybridized carbons (Fsp3) is 0.333. The van der Waals surface area contributed by atoms with E-state index in [0.29, 0.717) is 6.54 Å². The van der Waals surface area contributed by atoms with E-state index in [9.17, 15) is 19.5 Å². The number of aryl methyl sites for hydroxylation is 2. The lowest BCUT2D eigenvalue weighted by Crippen LogP contribution is -2.38. The molecule has 9 nitrogen and oxygen atoms in total. The molecule has 30 heavy (non-hydrogen) atoms. The van der Waals surface area contributed by atoms with E-state index < -0.39 is 16.8 Å². The standard InChI is InChI=1S/C21H23N5O4/c1-4-5-11-25-17(27)14(12-13-9-7-6-8-10-13)18(28)26-15-16(22-20(25)26)23(2)21(30)24(3)19(15)29/h6-10,27H,4-5,11-12H2,1-3H3. The average Bonchev–Trinajstić information content (AvgIpc) is 3.15. The van der Waals surface area contributed by atoms with E-state index >= 15 is 0 Å². The van der Waals surface area contributed by atoms with Gasteiger partial charge in [-0.05, 0) is 12.0 Å². The smallest absolute Gasteiger partial charge is 0.332 e. The monoisotopic (exact) mass is 409 g/mol. The van der Waals surface area contributed by atoms with Gasteiger partial charge in [-0.1, -0.05) is 43.7 Å². The number of benzene rings is 1. The first kappa shape index (κ1) is 19.7. The second-order valence-corrected chi connectivity index (χ2v) is 7.40. The number of imidazole rings is 1. The van der Waals surface area contributed by atoms with Gasteiger partial charge in [-0.15, -0.1) is 0 Å². The Bertz CT molecular complexity index is 1440. The predicted octanol–water partition coefficient (Wildman–Crippen LogP) is 1.14. The maximum Gasteiger partial charge on any atom is 0.332 e. The Morgan fingerprint density at radius 3 is 2.37 bits per heavy atom. The molecule has 0 aliphatic rings. The van der Waals surface area contributed by atoms with E-state index in [1.807, 2.05) is 37.3 Å². The van der Waals surface area contributed by atoms with Crippen molar-refractivity contribution in [1.82, 2.24) is 23.1 Å². The first-order valence-corrected chi connectivity index (χ1v) is 9.83. The minimum Gasteiger partial charge on any atom is -0.494 e. The summed E-state index contributed by atoms with van der Waals surface area (Å²) >= 11 is 0. The van der Waals surface area contributed by atoms with Gasteiger partial charge in [-0.2, -0.15) is 4.98 Å². The third kappa shape index (κ3) is 2.85. The lowest BCUT2D eigenvalue weighted by atomic mass is 10.1. The van der Waals surface area contributed by atoms with Crippen molar-refractivity contribution in [2.45, 2.75) is 32.7 Å². The molecule has 0 aliphatic carbocycles. The van der Waals surface area contributed by atoms with E-state index in [1.54, 1.807) is 4.57 Å². The number of nitrogens with zero attached hydrogens (tertiary/aromatic N) is 5. The molecule has 9 heteroatoms. The number of hydrogen-bond donors (Lipinski definition) is 1. The lowest BCUT2D eigenvalue weighted by Gasteiger charge is -2.14. The van der Waals surface area contributed by atoms with Gasteiger partial charge in [0.05, 0.1) is 5.56 Å². The molecular weight excluding hydrogens is 386 g/mol. The molecular formula is C21H23N5O4. The molecule has 1 N–H and O–H groups in total. The Morgan fingerprint density at radius 1 is 1.00 bits per heavy atom. The van der Waals surface area contributed by atoms with E-state index in [1.165, 1.54) is 23.1 Å². The van der Waals surface area contributed by atoms with Crippen molar-refractivity contribution in [3.8, 4) is 5.88 Å². The summed E-state index contributed by atoms with van der Waals surface area (Å²) in [6.07, 6.45) is 1.82. The summed E-state index contributed by atoms with van der Waals surface area (Å²) in [5.74, 6) is -0.0157. The van der Waals surface area contributed by atoms with Crippen molar-refractivity contribution in [2.24, 2.45) is 14.1 Å². The molecule has 0 aliphatic heterocycles. The first-order valence-electron chi connectivity index (χ1n) is 9.83. The Hall–Kier alpha value is -3.62. The Kier molecular flexibility index (Phi) is 4.81. The summed E-state index contributed by atoms with van der Waals surface area (Å²) in [5.41, 5.74) is -0.470. The van der Waals surface area contributed by atoms with E-state index in [2.05, 4.69) is 4.98 Å². The van der Waals surface area contributed by atoms with Crippen LogP contribution in [0.1, 0.15) is 30.9 Å². The molecule has 0 saturated heterocycles. The SMILES string of the molecule is CCCCn1c(O)c(Cc2ccccc2)c(=O)n2c3c(=O)n(C)c(=O)n(C)c3nc12. The summed E-state index contributed by atoms with van der Waals surface area (Å²) in [6.45, 7) is 2.44. The second kappa shape index (κ2) is 7.33. The first-order chi connectivity index (χ1) is 14.4. The molecule has 3 heterocycles. The molecule has 0 fully saturated rings. The van der Waals surface area contributed by atoms with Crippen molar-refractivity contribution in [1.29, 1.82) is 0 Å². The normalized spacial score (nSPS) is 11.6. The maximum absolute atomic E-state index is 13.4. The van der Waals surface area contributed by atoms with Crippen LogP contribution in [0, 0.1) is 0 Å². The topological polar surface area (TPSA) is 104 Å². The van der Waals surface area contributed by atoms with Crippen LogP contribution in [0.3, 0.4) is 0 Å². The largest absolute Gasteiger partial charge is 0.494 e. The molecule has 0 radical (unpaired) electrons. The van der Waals surface area contributed by atoms with Gasteiger partial charge in [0, 0.05) is 27.1 Å². The van der Waals surface area contributed by atoms with Gasteiger partial charge in [0.2, 0.25) is 11.7 Å². The van der Waals surface area contributed by atoms with Gasteiger partial charge < -0.3 is 5.11 Å². The van der Waals surface area contributed by atoms with Gasteiger partial charge in [-0.25, -0.2) is 9.20 Å². The highest BCUT2D eigenvalue weighted by molar-refractivity contribution is 5.75. The van der Waals surface area contributed by atoms with Gasteiger partial charge in [0.25, 0.3) is 11.1 Å². The van der Waals surface area contributed by atoms with Crippen LogP contribution in [0.15, 0.2) is 44.7 Å². The summed E-state index contributed by atoms with van der Waals surface area (Å²) in [6, 6.07) is 9.33. The number of rotatable bonds is 5. The molecule has 0 atom stereocenters. The minimum atomic E-state index is -0.601. The molecule has 0 saturated carbocycles. The Balaban J connectivity index is 2.16. The van der Waals surface area contributed by atoms with Gasteiger partial charge in [-0.3, -0.25) is 23.3 Å². The van der Waals surface area contributed by atoms with Crippen molar-refractivity contribution in [2.75, 3.05) is 0 Å². The zero-order chi connectivity index (χ0) is 21.6. The van der Waals surface area contributed by atoms with Gasteiger partial charge >= 0.3 is 5.69 Å². The maximum atomic E-state index is 13.4. The van der Waals surface area contributed by atoms with Crippen molar-refractivity contribution in [3.63, 3.8) is 0 Å². The van der Waals surface area contributed by atoms with Gasteiger partial charge in [0.15, 0.2) is 11.2 Å². The summed E-state index contributed by atoms with van der Waals surface area (Å²) in [7, 11) is 2.87. The molecule has 1 aromatic carbocycles. The highest BCUT2D eigenvalue weighted by atomic mass is 16.3. The third-order valence-corrected chi connectivity index (χ3v) is 5.43. The van der Waals surface area contributed by atoms with Crippen LogP contribution in [0.5, 0.6) is 5.88 Å². The lowest BCUT2D eigenvalue weighted by molar-refractivity contribution is 0.401. The van der Waals surface area contributed by atoms with Crippen molar-refractivity contribution < 1.29 is 5.11 Å².